The number of para-hydroxylation sites is 10. The molecule has 0 amide bonds. The molecule has 17 nitrogen and oxygen atoms in total. The lowest BCUT2D eigenvalue weighted by Crippen LogP contribution is -2.18. The van der Waals surface area contributed by atoms with E-state index >= 15 is 0 Å². The molecule has 12 aromatic carbocycles. The molecular weight excluding hydrogens is 1640 g/mol. The lowest BCUT2D eigenvalue weighted by atomic mass is 9.99. The van der Waals surface area contributed by atoms with Gasteiger partial charge in [-0.2, -0.15) is 0 Å². The number of hydrogen-bond donors (Lipinski definition) is 4. The summed E-state index contributed by atoms with van der Waals surface area (Å²) in [6.07, 6.45) is 11.3. The van der Waals surface area contributed by atoms with Gasteiger partial charge in [-0.25, -0.2) is 0 Å². The minimum Gasteiger partial charge on any atom is -0.491 e. The number of anilines is 3. The van der Waals surface area contributed by atoms with Crippen LogP contribution in [-0.2, 0) is 17.8 Å². The molecule has 0 bridgehead atoms. The maximum absolute atomic E-state index is 5.55. The lowest BCUT2D eigenvalue weighted by molar-refractivity contribution is -0.0168. The Morgan fingerprint density at radius 1 is 0.336 bits per heavy atom. The minimum absolute atomic E-state index is 0.361. The first-order valence-electron chi connectivity index (χ1n) is 43.8. The molecule has 15 aromatic rings. The Morgan fingerprint density at radius 2 is 0.859 bits per heavy atom. The Hall–Kier alpha value is -13.1. The number of aryl methyl sites for hydroxylation is 12. The number of hydrogen-bond acceptors (Lipinski definition) is 18. The van der Waals surface area contributed by atoms with Gasteiger partial charge in [0.05, 0.1) is 44.1 Å². The first-order chi connectivity index (χ1) is 62.5. The molecule has 19 heteroatoms. The molecular formula is C109H118N4O13S2. The topological polar surface area (TPSA) is 176 Å². The van der Waals surface area contributed by atoms with E-state index in [0.717, 1.165) is 154 Å². The van der Waals surface area contributed by atoms with Crippen molar-refractivity contribution in [3.63, 3.8) is 0 Å². The number of benzene rings is 12. The molecule has 12 heterocycles. The molecule has 664 valence electrons. The molecule has 0 fully saturated rings. The average molecular weight is 1760 g/mol. The summed E-state index contributed by atoms with van der Waals surface area (Å²) in [5.41, 5.74) is 24.5. The number of furan rings is 1. The van der Waals surface area contributed by atoms with Gasteiger partial charge in [-0.1, -0.05) is 182 Å². The fourth-order valence-corrected chi connectivity index (χ4v) is 16.9. The van der Waals surface area contributed by atoms with Gasteiger partial charge >= 0.3 is 0 Å². The van der Waals surface area contributed by atoms with Crippen molar-refractivity contribution < 1.29 is 61.3 Å². The van der Waals surface area contributed by atoms with Gasteiger partial charge in [-0.3, -0.25) is 0 Å². The molecule has 3 aromatic heterocycles. The van der Waals surface area contributed by atoms with Gasteiger partial charge in [0, 0.05) is 68.8 Å². The molecule has 9 aliphatic heterocycles. The largest absolute Gasteiger partial charge is 0.491 e. The first-order valence-corrected chi connectivity index (χ1v) is 45.6. The quantitative estimate of drug-likeness (QED) is 0.113. The molecule has 9 aliphatic rings. The van der Waals surface area contributed by atoms with E-state index in [1.54, 1.807) is 6.26 Å². The average Bonchev–Trinajstić information content (AvgIpc) is 1.42. The number of H-pyrrole nitrogens is 1. The summed E-state index contributed by atoms with van der Waals surface area (Å²) >= 11 is 3.69. The van der Waals surface area contributed by atoms with E-state index in [2.05, 4.69) is 177 Å². The van der Waals surface area contributed by atoms with Crippen LogP contribution < -0.4 is 68.1 Å². The van der Waals surface area contributed by atoms with Crippen LogP contribution in [0, 0.1) is 83.1 Å². The van der Waals surface area contributed by atoms with Crippen molar-refractivity contribution in [1.82, 2.24) is 4.98 Å². The molecule has 128 heavy (non-hydrogen) atoms. The first kappa shape index (κ1) is 92.6. The van der Waals surface area contributed by atoms with Crippen molar-refractivity contribution in [1.29, 1.82) is 0 Å². The van der Waals surface area contributed by atoms with E-state index in [9.17, 15) is 0 Å². The smallest absolute Gasteiger partial charge is 0.231 e. The van der Waals surface area contributed by atoms with E-state index in [1.165, 1.54) is 111 Å². The van der Waals surface area contributed by atoms with E-state index in [1.807, 2.05) is 210 Å². The molecule has 0 spiro atoms. The highest BCUT2D eigenvalue weighted by molar-refractivity contribution is 7.99. The SMILES string of the molecule is Cc1cccc2c1CCCN2.Cc1cccc2c1OCC=C2.Cc1cccc2c1OCCCO2.Cc1cccc2c1OCCN2.Cc1cccc2c1OCCO2.Cc1cccc2c1OCCS2.Cc1cccc2c1OCN2.Cc1cccc2c1OCO2.Cc1cccc2c1OCOC2.Cc1cccc2cc[nH]c12.Cc1cccc2ccoc12.Cc1cccc2ccsc12. The van der Waals surface area contributed by atoms with Crippen LogP contribution in [0.3, 0.4) is 0 Å². The van der Waals surface area contributed by atoms with Crippen LogP contribution in [0.5, 0.6) is 63.2 Å². The zero-order valence-electron chi connectivity index (χ0n) is 75.5. The second-order valence-electron chi connectivity index (χ2n) is 31.5. The van der Waals surface area contributed by atoms with Gasteiger partial charge in [-0.05, 0) is 251 Å². The molecule has 0 unspecified atom stereocenters. The summed E-state index contributed by atoms with van der Waals surface area (Å²) in [5.74, 6) is 11.5. The third-order valence-corrected chi connectivity index (χ3v) is 23.9. The molecule has 0 saturated carbocycles. The second kappa shape index (κ2) is 47.5. The van der Waals surface area contributed by atoms with Crippen LogP contribution in [0.15, 0.2) is 270 Å². The van der Waals surface area contributed by atoms with E-state index in [-0.39, 0.29) is 0 Å². The third kappa shape index (κ3) is 25.6. The van der Waals surface area contributed by atoms with E-state index in [4.69, 9.17) is 61.3 Å². The predicted octanol–water partition coefficient (Wildman–Crippen LogP) is 26.7. The highest BCUT2D eigenvalue weighted by atomic mass is 32.2. The number of rotatable bonds is 0. The molecule has 0 radical (unpaired) electrons. The standard InChI is InChI=1S/C10H13N.C10H12O2.C10H10O.C9H11NO.C9H9N.2C9H10O2.C9H10OS.C9H8O.C9H8S.C8H9NO.C8H8O2/c1-8-4-2-6-10-9(8)5-3-7-11-10;1-8-4-2-5-9-10(8)12-7-3-6-11-9;1-8-4-2-5-9-6-3-7-11-10(8)9;1-7-3-2-4-8-9(7)11-6-5-10-8;1-7-3-2-4-8-5-6-10-9(7)8;1-7-3-2-4-8-5-10-6-11-9(7)8;1-7-3-2-4-8-9(7)11-6-5-10-8;1-7-3-2-4-8-9(7)10-5-6-11-8;2*1-7-3-2-4-8-5-6-10-9(7)8;2*1-6-3-2-4-7-8(6)10-5-9-7/h2,4,6,11H,3,5,7H2,1H3;2,4-5H,3,6-7H2,1H3;2-6H,7H2,1H3;2-4,10H,5-6H2,1H3;2-6,10H,1H3;3*2-4H,5-6H2,1H3;2*2-6H,1H3;2-4,9H,5H2,1H3;2-4H,5H2,1H3. The third-order valence-electron chi connectivity index (χ3n) is 21.8. The van der Waals surface area contributed by atoms with Crippen LogP contribution in [0.2, 0.25) is 0 Å². The molecule has 0 aliphatic carbocycles. The van der Waals surface area contributed by atoms with Crippen molar-refractivity contribution in [3.05, 3.63) is 344 Å². The number of thiophene rings is 1. The zero-order valence-corrected chi connectivity index (χ0v) is 77.2. The van der Waals surface area contributed by atoms with Crippen molar-refractivity contribution >= 4 is 78.2 Å². The highest BCUT2D eigenvalue weighted by Crippen LogP contribution is 2.39. The van der Waals surface area contributed by atoms with Gasteiger partial charge in [0.15, 0.2) is 48.0 Å². The Kier molecular flexibility index (Phi) is 34.3. The van der Waals surface area contributed by atoms with E-state index in [0.29, 0.717) is 46.7 Å². The van der Waals surface area contributed by atoms with Crippen LogP contribution in [0.25, 0.3) is 38.0 Å². The van der Waals surface area contributed by atoms with Gasteiger partial charge in [0.1, 0.15) is 60.8 Å². The van der Waals surface area contributed by atoms with Crippen molar-refractivity contribution in [2.75, 3.05) is 101 Å². The number of thioether (sulfide) groups is 1. The fraction of sp³-hybridized carbons (Fsp3) is 0.266. The Morgan fingerprint density at radius 3 is 1.52 bits per heavy atom. The van der Waals surface area contributed by atoms with Gasteiger partial charge in [0.25, 0.3) is 0 Å². The lowest BCUT2D eigenvalue weighted by Gasteiger charge is -2.20. The predicted molar refractivity (Wildman–Crippen MR) is 525 cm³/mol. The van der Waals surface area contributed by atoms with Crippen molar-refractivity contribution in [3.8, 4) is 63.2 Å². The number of nitrogens with one attached hydrogen (secondary N) is 4. The molecule has 24 rings (SSSR count). The zero-order chi connectivity index (χ0) is 89.4. The molecule has 0 saturated heterocycles. The number of aromatic amines is 1. The summed E-state index contributed by atoms with van der Waals surface area (Å²) < 4.78 is 71.2. The molecule has 0 atom stereocenters. The van der Waals surface area contributed by atoms with Gasteiger partial charge in [-0.15, -0.1) is 23.1 Å². The highest BCUT2D eigenvalue weighted by Gasteiger charge is 2.19. The Labute approximate surface area is 762 Å². The van der Waals surface area contributed by atoms with Crippen LogP contribution in [-0.4, -0.2) is 90.4 Å². The number of aromatic nitrogens is 1. The molecule has 4 N–H and O–H groups in total. The van der Waals surface area contributed by atoms with Crippen molar-refractivity contribution in [2.24, 2.45) is 0 Å². The maximum atomic E-state index is 5.55. The van der Waals surface area contributed by atoms with Gasteiger partial charge < -0.3 is 82.2 Å². The van der Waals surface area contributed by atoms with E-state index < -0.39 is 0 Å². The van der Waals surface area contributed by atoms with Crippen LogP contribution in [0.4, 0.5) is 17.1 Å². The minimum atomic E-state index is 0.361. The van der Waals surface area contributed by atoms with Crippen molar-refractivity contribution in [2.45, 2.75) is 114 Å². The monoisotopic (exact) mass is 1750 g/mol. The fourth-order valence-electron chi connectivity index (χ4n) is 15.2. The summed E-state index contributed by atoms with van der Waals surface area (Å²) in [4.78, 5) is 4.48. The Balaban J connectivity index is 0.000000119. The number of ether oxygens (including phenoxy) is 12. The summed E-state index contributed by atoms with van der Waals surface area (Å²) in [7, 11) is 0. The van der Waals surface area contributed by atoms with Gasteiger partial charge in [0.2, 0.25) is 6.79 Å². The van der Waals surface area contributed by atoms with Crippen LogP contribution >= 0.6 is 23.1 Å². The summed E-state index contributed by atoms with van der Waals surface area (Å²) in [6, 6.07) is 80.1. The van der Waals surface area contributed by atoms with Crippen LogP contribution in [0.1, 0.15) is 96.3 Å². The maximum Gasteiger partial charge on any atom is 0.231 e. The summed E-state index contributed by atoms with van der Waals surface area (Å²) in [5, 5.41) is 15.8. The normalized spacial score (nSPS) is 13.7. The number of fused-ring (bicyclic) bond motifs is 12. The second-order valence-corrected chi connectivity index (χ2v) is 33.5. The summed E-state index contributed by atoms with van der Waals surface area (Å²) in [6.45, 7) is 34.1. The Bertz CT molecular complexity index is 5570.